The lowest BCUT2D eigenvalue weighted by atomic mass is 9.80. The summed E-state index contributed by atoms with van der Waals surface area (Å²) >= 11 is 0. The van der Waals surface area contributed by atoms with Gasteiger partial charge in [-0.3, -0.25) is 4.79 Å². The van der Waals surface area contributed by atoms with E-state index in [0.717, 1.165) is 24.8 Å². The lowest BCUT2D eigenvalue weighted by molar-refractivity contribution is -0.127. The van der Waals surface area contributed by atoms with Crippen LogP contribution in [0.5, 0.6) is 0 Å². The van der Waals surface area contributed by atoms with Crippen molar-refractivity contribution in [3.63, 3.8) is 0 Å². The Morgan fingerprint density at radius 2 is 1.91 bits per heavy atom. The molecule has 1 amide bonds. The van der Waals surface area contributed by atoms with Crippen molar-refractivity contribution in [2.45, 2.75) is 37.5 Å². The quantitative estimate of drug-likeness (QED) is 0.836. The van der Waals surface area contributed by atoms with Crippen LogP contribution in [0.15, 0.2) is 29.2 Å². The van der Waals surface area contributed by atoms with E-state index in [1.165, 1.54) is 0 Å². The molecule has 0 bridgehead atoms. The summed E-state index contributed by atoms with van der Waals surface area (Å²) < 4.78 is 25.2. The molecule has 2 atom stereocenters. The van der Waals surface area contributed by atoms with E-state index in [9.17, 15) is 13.2 Å². The summed E-state index contributed by atoms with van der Waals surface area (Å²) in [5.41, 5.74) is 1.01. The number of nitrogens with zero attached hydrogens (tertiary/aromatic N) is 1. The van der Waals surface area contributed by atoms with Crippen LogP contribution in [-0.4, -0.2) is 26.6 Å². The zero-order valence-corrected chi connectivity index (χ0v) is 14.1. The Morgan fingerprint density at radius 1 is 1.26 bits per heavy atom. The van der Waals surface area contributed by atoms with E-state index in [-0.39, 0.29) is 30.0 Å². The predicted molar refractivity (Wildman–Crippen MR) is 87.3 cm³/mol. The minimum atomic E-state index is -3.41. The summed E-state index contributed by atoms with van der Waals surface area (Å²) in [6, 6.07) is 8.69. The third kappa shape index (κ3) is 4.55. The molecule has 124 valence electrons. The van der Waals surface area contributed by atoms with Crippen LogP contribution in [0.3, 0.4) is 0 Å². The molecule has 0 saturated heterocycles. The topological polar surface area (TPSA) is 87.0 Å². The number of carbonyl (C=O) groups is 1. The van der Waals surface area contributed by atoms with Gasteiger partial charge in [0.2, 0.25) is 5.91 Å². The third-order valence-electron chi connectivity index (χ3n) is 4.40. The van der Waals surface area contributed by atoms with Gasteiger partial charge in [-0.25, -0.2) is 8.42 Å². The lowest BCUT2D eigenvalue weighted by Gasteiger charge is -2.30. The molecule has 2 rings (SSSR count). The molecule has 0 spiro atoms. The second-order valence-electron chi connectivity index (χ2n) is 6.12. The molecule has 1 aromatic carbocycles. The molecule has 5 nitrogen and oxygen atoms in total. The highest BCUT2D eigenvalue weighted by molar-refractivity contribution is 7.91. The van der Waals surface area contributed by atoms with Gasteiger partial charge in [0.05, 0.1) is 16.7 Å². The first-order valence-electron chi connectivity index (χ1n) is 7.88. The molecular weight excluding hydrogens is 312 g/mol. The van der Waals surface area contributed by atoms with Crippen LogP contribution in [0.1, 0.15) is 31.2 Å². The minimum Gasteiger partial charge on any atom is -0.343 e. The normalized spacial score (nSPS) is 21.4. The maximum Gasteiger partial charge on any atom is 0.224 e. The van der Waals surface area contributed by atoms with Crippen molar-refractivity contribution in [1.82, 2.24) is 5.32 Å². The van der Waals surface area contributed by atoms with Crippen molar-refractivity contribution < 1.29 is 13.2 Å². The van der Waals surface area contributed by atoms with Crippen LogP contribution < -0.4 is 5.32 Å². The first-order chi connectivity index (χ1) is 10.9. The zero-order chi connectivity index (χ0) is 16.9. The zero-order valence-electron chi connectivity index (χ0n) is 13.3. The minimum absolute atomic E-state index is 0.0132. The van der Waals surface area contributed by atoms with Crippen LogP contribution in [0.4, 0.5) is 0 Å². The van der Waals surface area contributed by atoms with Crippen molar-refractivity contribution in [2.24, 2.45) is 11.8 Å². The monoisotopic (exact) mass is 334 g/mol. The van der Waals surface area contributed by atoms with Crippen molar-refractivity contribution in [3.05, 3.63) is 29.8 Å². The number of aryl methyl sites for hydroxylation is 1. The summed E-state index contributed by atoms with van der Waals surface area (Å²) in [7, 11) is -3.41. The van der Waals surface area contributed by atoms with E-state index >= 15 is 0 Å². The second kappa shape index (κ2) is 7.60. The summed E-state index contributed by atoms with van der Waals surface area (Å²) in [5.74, 6) is -0.720. The summed E-state index contributed by atoms with van der Waals surface area (Å²) in [6.07, 6.45) is 3.28. The Balaban J connectivity index is 2.13. The highest BCUT2D eigenvalue weighted by Gasteiger charge is 2.34. The maximum absolute atomic E-state index is 12.6. The van der Waals surface area contributed by atoms with Crippen LogP contribution in [-0.2, 0) is 14.6 Å². The molecule has 1 saturated carbocycles. The fourth-order valence-corrected chi connectivity index (χ4v) is 4.84. The number of hydrogen-bond donors (Lipinski definition) is 1. The van der Waals surface area contributed by atoms with Gasteiger partial charge in [0.15, 0.2) is 9.84 Å². The van der Waals surface area contributed by atoms with Gasteiger partial charge < -0.3 is 5.32 Å². The first kappa shape index (κ1) is 17.5. The molecule has 1 aliphatic carbocycles. The number of nitriles is 1. The number of hydrogen-bond acceptors (Lipinski definition) is 4. The van der Waals surface area contributed by atoms with Gasteiger partial charge in [-0.15, -0.1) is 0 Å². The van der Waals surface area contributed by atoms with Gasteiger partial charge in [-0.2, -0.15) is 5.26 Å². The highest BCUT2D eigenvalue weighted by Crippen LogP contribution is 2.32. The smallest absolute Gasteiger partial charge is 0.224 e. The number of nitrogens with one attached hydrogen (secondary N) is 1. The fourth-order valence-electron chi connectivity index (χ4n) is 3.13. The van der Waals surface area contributed by atoms with E-state index in [4.69, 9.17) is 5.26 Å². The maximum atomic E-state index is 12.6. The Morgan fingerprint density at radius 3 is 2.57 bits per heavy atom. The molecular formula is C17H22N2O3S. The van der Waals surface area contributed by atoms with Crippen LogP contribution >= 0.6 is 0 Å². The number of rotatable bonds is 5. The number of carbonyl (C=O) groups excluding carboxylic acids is 1. The molecule has 6 heteroatoms. The average molecular weight is 334 g/mol. The van der Waals surface area contributed by atoms with E-state index in [2.05, 4.69) is 5.32 Å². The van der Waals surface area contributed by atoms with Gasteiger partial charge in [-0.05, 0) is 37.8 Å². The number of amides is 1. The molecule has 0 radical (unpaired) electrons. The molecule has 2 unspecified atom stereocenters. The lowest BCUT2D eigenvalue weighted by Crippen LogP contribution is -2.39. The molecule has 1 N–H and O–H groups in total. The number of sulfone groups is 1. The van der Waals surface area contributed by atoms with Gasteiger partial charge in [0, 0.05) is 5.92 Å². The Labute approximate surface area is 137 Å². The summed E-state index contributed by atoms with van der Waals surface area (Å²) in [4.78, 5) is 12.5. The van der Waals surface area contributed by atoms with Crippen molar-refractivity contribution >= 4 is 15.7 Å². The van der Waals surface area contributed by atoms with Crippen LogP contribution in [0, 0.1) is 30.1 Å². The standard InChI is InChI=1S/C17H22N2O3S/c1-13-6-8-15(9-7-13)23(21,22)12-14-4-2-3-5-16(14)17(20)19-11-10-18/h6-9,14,16H,2-5,11-12H2,1H3,(H,19,20). The van der Waals surface area contributed by atoms with Gasteiger partial charge in [0.25, 0.3) is 0 Å². The SMILES string of the molecule is Cc1ccc(S(=O)(=O)CC2CCCCC2C(=O)NCC#N)cc1. The van der Waals surface area contributed by atoms with Crippen LogP contribution in [0.25, 0.3) is 0 Å². The Hall–Kier alpha value is -1.87. The molecule has 1 fully saturated rings. The summed E-state index contributed by atoms with van der Waals surface area (Å²) in [6.45, 7) is 1.87. The van der Waals surface area contributed by atoms with Crippen molar-refractivity contribution in [2.75, 3.05) is 12.3 Å². The average Bonchev–Trinajstić information content (AvgIpc) is 2.53. The molecule has 23 heavy (non-hydrogen) atoms. The fraction of sp³-hybridized carbons (Fsp3) is 0.529. The van der Waals surface area contributed by atoms with Crippen molar-refractivity contribution in [1.29, 1.82) is 5.26 Å². The van der Waals surface area contributed by atoms with E-state index in [1.54, 1.807) is 24.3 Å². The van der Waals surface area contributed by atoms with Gasteiger partial charge in [0.1, 0.15) is 6.54 Å². The van der Waals surface area contributed by atoms with E-state index in [0.29, 0.717) is 11.3 Å². The Bertz CT molecular complexity index is 690. The molecule has 0 aromatic heterocycles. The Kier molecular flexibility index (Phi) is 5.78. The number of benzene rings is 1. The van der Waals surface area contributed by atoms with Gasteiger partial charge in [-0.1, -0.05) is 30.5 Å². The van der Waals surface area contributed by atoms with E-state index < -0.39 is 9.84 Å². The molecule has 1 aliphatic rings. The molecule has 0 aliphatic heterocycles. The third-order valence-corrected chi connectivity index (χ3v) is 6.26. The highest BCUT2D eigenvalue weighted by atomic mass is 32.2. The van der Waals surface area contributed by atoms with Gasteiger partial charge >= 0.3 is 0 Å². The van der Waals surface area contributed by atoms with E-state index in [1.807, 2.05) is 13.0 Å². The first-order valence-corrected chi connectivity index (χ1v) is 9.53. The summed E-state index contributed by atoms with van der Waals surface area (Å²) in [5, 5.41) is 11.1. The molecule has 1 aromatic rings. The van der Waals surface area contributed by atoms with Crippen molar-refractivity contribution in [3.8, 4) is 6.07 Å². The second-order valence-corrected chi connectivity index (χ2v) is 8.16. The van der Waals surface area contributed by atoms with Crippen LogP contribution in [0.2, 0.25) is 0 Å². The molecule has 0 heterocycles. The predicted octanol–water partition coefficient (Wildman–Crippen LogP) is 2.21. The largest absolute Gasteiger partial charge is 0.343 e.